The summed E-state index contributed by atoms with van der Waals surface area (Å²) in [7, 11) is 1.82. The quantitative estimate of drug-likeness (QED) is 0.897. The van der Waals surface area contributed by atoms with E-state index in [0.717, 1.165) is 30.9 Å². The average molecular weight is 354 g/mol. The lowest BCUT2D eigenvalue weighted by Gasteiger charge is -2.18. The van der Waals surface area contributed by atoms with Crippen molar-refractivity contribution in [3.8, 4) is 11.3 Å². The van der Waals surface area contributed by atoms with Crippen LogP contribution in [0.15, 0.2) is 30.3 Å². The minimum Gasteiger partial charge on any atom is -0.349 e. The first-order valence-corrected chi connectivity index (χ1v) is 9.50. The summed E-state index contributed by atoms with van der Waals surface area (Å²) in [4.78, 5) is 14.9. The van der Waals surface area contributed by atoms with Gasteiger partial charge in [0.05, 0.1) is 5.69 Å². The van der Waals surface area contributed by atoms with Gasteiger partial charge in [0, 0.05) is 25.7 Å². The molecule has 26 heavy (non-hydrogen) atoms. The van der Waals surface area contributed by atoms with E-state index in [1.54, 1.807) is 4.68 Å². The lowest BCUT2D eigenvalue weighted by molar-refractivity contribution is 0.0940. The van der Waals surface area contributed by atoms with Crippen molar-refractivity contribution in [2.75, 3.05) is 26.2 Å². The van der Waals surface area contributed by atoms with Gasteiger partial charge in [0.1, 0.15) is 5.69 Å². The Kier molecular flexibility index (Phi) is 5.47. The zero-order chi connectivity index (χ0) is 18.7. The van der Waals surface area contributed by atoms with Gasteiger partial charge >= 0.3 is 0 Å². The van der Waals surface area contributed by atoms with Gasteiger partial charge in [0.15, 0.2) is 0 Å². The normalized spacial score (nSPS) is 15.4. The molecule has 1 aromatic carbocycles. The Morgan fingerprint density at radius 1 is 1.15 bits per heavy atom. The molecule has 1 saturated heterocycles. The second kappa shape index (κ2) is 7.62. The predicted octanol–water partition coefficient (Wildman–Crippen LogP) is 3.21. The van der Waals surface area contributed by atoms with Crippen LogP contribution in [0.4, 0.5) is 0 Å². The highest BCUT2D eigenvalue weighted by atomic mass is 16.2. The van der Waals surface area contributed by atoms with Crippen LogP contribution in [0.5, 0.6) is 0 Å². The molecule has 5 nitrogen and oxygen atoms in total. The second-order valence-corrected chi connectivity index (χ2v) is 8.17. The van der Waals surface area contributed by atoms with Crippen LogP contribution in [0.1, 0.15) is 49.7 Å². The molecule has 1 amide bonds. The molecule has 0 aliphatic carbocycles. The molecule has 5 heteroatoms. The maximum absolute atomic E-state index is 12.5. The number of likely N-dealkylation sites (tertiary alicyclic amines) is 1. The van der Waals surface area contributed by atoms with E-state index in [1.807, 2.05) is 13.1 Å². The Bertz CT molecular complexity index is 749. The smallest absolute Gasteiger partial charge is 0.269 e. The van der Waals surface area contributed by atoms with Crippen molar-refractivity contribution in [1.29, 1.82) is 0 Å². The van der Waals surface area contributed by atoms with Crippen molar-refractivity contribution in [3.05, 3.63) is 41.6 Å². The number of benzene rings is 1. The summed E-state index contributed by atoms with van der Waals surface area (Å²) in [5.74, 6) is -0.0586. The minimum atomic E-state index is -0.0586. The average Bonchev–Trinajstić information content (AvgIpc) is 3.24. The van der Waals surface area contributed by atoms with Crippen molar-refractivity contribution in [2.45, 2.75) is 39.0 Å². The number of rotatable bonds is 5. The topological polar surface area (TPSA) is 50.2 Å². The first kappa shape index (κ1) is 18.6. The molecule has 0 unspecified atom stereocenters. The Morgan fingerprint density at radius 3 is 2.42 bits per heavy atom. The van der Waals surface area contributed by atoms with E-state index in [-0.39, 0.29) is 11.3 Å². The van der Waals surface area contributed by atoms with Crippen LogP contribution in [0.3, 0.4) is 0 Å². The van der Waals surface area contributed by atoms with Crippen molar-refractivity contribution in [3.63, 3.8) is 0 Å². The van der Waals surface area contributed by atoms with Gasteiger partial charge in [0.25, 0.3) is 5.91 Å². The molecular formula is C21H30N4O. The fourth-order valence-electron chi connectivity index (χ4n) is 3.39. The molecule has 1 aliphatic rings. The van der Waals surface area contributed by atoms with Crippen LogP contribution in [0.2, 0.25) is 0 Å². The van der Waals surface area contributed by atoms with E-state index in [0.29, 0.717) is 12.2 Å². The van der Waals surface area contributed by atoms with Gasteiger partial charge in [-0.2, -0.15) is 5.10 Å². The highest BCUT2D eigenvalue weighted by molar-refractivity contribution is 5.93. The largest absolute Gasteiger partial charge is 0.349 e. The van der Waals surface area contributed by atoms with Gasteiger partial charge < -0.3 is 10.2 Å². The molecule has 2 heterocycles. The SMILES string of the molecule is Cn1nc(-c2ccc(C(C)(C)C)cc2)cc1C(=O)NCCN1CCCC1. The second-order valence-electron chi connectivity index (χ2n) is 8.17. The van der Waals surface area contributed by atoms with E-state index in [2.05, 4.69) is 60.4 Å². The molecule has 1 N–H and O–H groups in total. The number of carbonyl (C=O) groups excluding carboxylic acids is 1. The van der Waals surface area contributed by atoms with Crippen molar-refractivity contribution < 1.29 is 4.79 Å². The Balaban J connectivity index is 1.65. The molecule has 0 spiro atoms. The standard InChI is InChI=1S/C21H30N4O/c1-21(2,3)17-9-7-16(8-10-17)18-15-19(24(4)23-18)20(26)22-11-14-25-12-5-6-13-25/h7-10,15H,5-6,11-14H2,1-4H3,(H,22,26). The Hall–Kier alpha value is -2.14. The Labute approximate surface area is 156 Å². The van der Waals surface area contributed by atoms with E-state index in [1.165, 1.54) is 18.4 Å². The lowest BCUT2D eigenvalue weighted by atomic mass is 9.86. The van der Waals surface area contributed by atoms with Crippen molar-refractivity contribution in [2.24, 2.45) is 7.05 Å². The third-order valence-corrected chi connectivity index (χ3v) is 5.07. The first-order valence-electron chi connectivity index (χ1n) is 9.50. The third-order valence-electron chi connectivity index (χ3n) is 5.07. The molecule has 1 aliphatic heterocycles. The predicted molar refractivity (Wildman–Crippen MR) is 105 cm³/mol. The highest BCUT2D eigenvalue weighted by Crippen LogP contribution is 2.25. The summed E-state index contributed by atoms with van der Waals surface area (Å²) in [6, 6.07) is 10.3. The minimum absolute atomic E-state index is 0.0586. The fourth-order valence-corrected chi connectivity index (χ4v) is 3.39. The number of amides is 1. The van der Waals surface area contributed by atoms with Gasteiger partial charge in [-0.15, -0.1) is 0 Å². The molecule has 0 bridgehead atoms. The lowest BCUT2D eigenvalue weighted by Crippen LogP contribution is -2.34. The van der Waals surface area contributed by atoms with Gasteiger partial charge in [-0.1, -0.05) is 45.0 Å². The maximum atomic E-state index is 12.5. The van der Waals surface area contributed by atoms with Crippen LogP contribution in [0.25, 0.3) is 11.3 Å². The zero-order valence-electron chi connectivity index (χ0n) is 16.4. The number of aromatic nitrogens is 2. The van der Waals surface area contributed by atoms with E-state index in [9.17, 15) is 4.79 Å². The molecule has 3 rings (SSSR count). The van der Waals surface area contributed by atoms with Crippen LogP contribution >= 0.6 is 0 Å². The molecule has 0 saturated carbocycles. The van der Waals surface area contributed by atoms with E-state index < -0.39 is 0 Å². The first-order chi connectivity index (χ1) is 12.3. The zero-order valence-corrected chi connectivity index (χ0v) is 16.4. The third kappa shape index (κ3) is 4.33. The summed E-state index contributed by atoms with van der Waals surface area (Å²) >= 11 is 0. The number of hydrogen-bond donors (Lipinski definition) is 1. The van der Waals surface area contributed by atoms with Crippen LogP contribution < -0.4 is 5.32 Å². The summed E-state index contributed by atoms with van der Waals surface area (Å²) in [6.07, 6.45) is 2.54. The maximum Gasteiger partial charge on any atom is 0.269 e. The van der Waals surface area contributed by atoms with Crippen LogP contribution in [-0.4, -0.2) is 46.8 Å². The number of nitrogens with one attached hydrogen (secondary N) is 1. The molecular weight excluding hydrogens is 324 g/mol. The monoisotopic (exact) mass is 354 g/mol. The van der Waals surface area contributed by atoms with Gasteiger partial charge in [-0.05, 0) is 43.0 Å². The van der Waals surface area contributed by atoms with Crippen LogP contribution in [-0.2, 0) is 12.5 Å². The molecule has 2 aromatic rings. The number of aryl methyl sites for hydroxylation is 1. The van der Waals surface area contributed by atoms with Crippen LogP contribution in [0, 0.1) is 0 Å². The summed E-state index contributed by atoms with van der Waals surface area (Å²) < 4.78 is 1.66. The van der Waals surface area contributed by atoms with Gasteiger partial charge in [-0.25, -0.2) is 0 Å². The Morgan fingerprint density at radius 2 is 1.81 bits per heavy atom. The molecule has 1 fully saturated rings. The van der Waals surface area contributed by atoms with Gasteiger partial charge in [0.2, 0.25) is 0 Å². The summed E-state index contributed by atoms with van der Waals surface area (Å²) in [6.45, 7) is 10.5. The van der Waals surface area contributed by atoms with E-state index >= 15 is 0 Å². The fraction of sp³-hybridized carbons (Fsp3) is 0.524. The molecule has 140 valence electrons. The number of hydrogen-bond acceptors (Lipinski definition) is 3. The number of carbonyl (C=O) groups is 1. The molecule has 1 aromatic heterocycles. The van der Waals surface area contributed by atoms with Crippen molar-refractivity contribution >= 4 is 5.91 Å². The number of nitrogens with zero attached hydrogens (tertiary/aromatic N) is 3. The van der Waals surface area contributed by atoms with Crippen molar-refractivity contribution in [1.82, 2.24) is 20.0 Å². The summed E-state index contributed by atoms with van der Waals surface area (Å²) in [5.41, 5.74) is 3.88. The molecule has 0 radical (unpaired) electrons. The van der Waals surface area contributed by atoms with E-state index in [4.69, 9.17) is 0 Å². The molecule has 0 atom stereocenters. The van der Waals surface area contributed by atoms with Gasteiger partial charge in [-0.3, -0.25) is 9.48 Å². The summed E-state index contributed by atoms with van der Waals surface area (Å²) in [5, 5.41) is 7.54. The highest BCUT2D eigenvalue weighted by Gasteiger charge is 2.17.